The van der Waals surface area contributed by atoms with Crippen molar-refractivity contribution in [3.63, 3.8) is 0 Å². The topological polar surface area (TPSA) is 111 Å². The average molecular weight is 331 g/mol. The van der Waals surface area contributed by atoms with E-state index in [0.29, 0.717) is 11.6 Å². The first-order valence-electron chi connectivity index (χ1n) is 7.12. The second kappa shape index (κ2) is 9.09. The summed E-state index contributed by atoms with van der Waals surface area (Å²) in [6.45, 7) is 2.84. The number of nitrogens with zero attached hydrogens (tertiary/aromatic N) is 3. The number of hydrogen-bond acceptors (Lipinski definition) is 6. The fourth-order valence-electron chi connectivity index (χ4n) is 1.66. The van der Waals surface area contributed by atoms with Crippen molar-refractivity contribution in [3.05, 3.63) is 51.9 Å². The van der Waals surface area contributed by atoms with E-state index >= 15 is 0 Å². The van der Waals surface area contributed by atoms with E-state index in [4.69, 9.17) is 9.90 Å². The lowest BCUT2D eigenvalue weighted by Gasteiger charge is -2.11. The highest BCUT2D eigenvalue weighted by molar-refractivity contribution is 5.80. The van der Waals surface area contributed by atoms with Crippen LogP contribution in [0.25, 0.3) is 0 Å². The van der Waals surface area contributed by atoms with Crippen LogP contribution in [0.5, 0.6) is 0 Å². The third-order valence-corrected chi connectivity index (χ3v) is 2.66. The highest BCUT2D eigenvalue weighted by Crippen LogP contribution is 2.10. The predicted molar refractivity (Wildman–Crippen MR) is 94.9 cm³/mol. The minimum Gasteiger partial charge on any atom is -0.481 e. The van der Waals surface area contributed by atoms with Gasteiger partial charge in [-0.1, -0.05) is 12.1 Å². The van der Waals surface area contributed by atoms with E-state index < -0.39 is 5.97 Å². The van der Waals surface area contributed by atoms with Crippen molar-refractivity contribution in [2.75, 3.05) is 24.4 Å². The Morgan fingerprint density at radius 1 is 1.33 bits per heavy atom. The molecule has 3 N–H and O–H groups in total. The van der Waals surface area contributed by atoms with Crippen LogP contribution in [0.1, 0.15) is 18.2 Å². The lowest BCUT2D eigenvalue weighted by atomic mass is 10.2. The van der Waals surface area contributed by atoms with Crippen molar-refractivity contribution < 1.29 is 9.90 Å². The summed E-state index contributed by atoms with van der Waals surface area (Å²) >= 11 is 0. The summed E-state index contributed by atoms with van der Waals surface area (Å²) in [5.74, 6) is -0.504. The number of aromatic amines is 1. The Bertz CT molecular complexity index is 747. The van der Waals surface area contributed by atoms with Crippen LogP contribution >= 0.6 is 0 Å². The molecule has 1 aromatic carbocycles. The molecular formula is C16H21N5O3. The molecule has 24 heavy (non-hydrogen) atoms. The van der Waals surface area contributed by atoms with Gasteiger partial charge in [0, 0.05) is 38.5 Å². The van der Waals surface area contributed by atoms with E-state index in [1.807, 2.05) is 43.3 Å². The number of aromatic nitrogens is 2. The Morgan fingerprint density at radius 2 is 1.92 bits per heavy atom. The average Bonchev–Trinajstić information content (AvgIpc) is 2.46. The molecule has 1 aromatic heterocycles. The minimum atomic E-state index is -0.833. The van der Waals surface area contributed by atoms with Gasteiger partial charge in [-0.05, 0) is 24.6 Å². The van der Waals surface area contributed by atoms with Gasteiger partial charge in [-0.15, -0.1) is 0 Å². The van der Waals surface area contributed by atoms with Crippen molar-refractivity contribution >= 4 is 23.8 Å². The SMILES string of the molecule is CC(=O)O.Cc1cc(=O)[nH]c(N/N=C/c2ccc(N(C)C)cc2)n1. The molecule has 2 rings (SSSR count). The first kappa shape index (κ1) is 18.9. The van der Waals surface area contributed by atoms with Crippen LogP contribution in [-0.2, 0) is 4.79 Å². The van der Waals surface area contributed by atoms with Gasteiger partial charge in [0.05, 0.1) is 6.21 Å². The van der Waals surface area contributed by atoms with Crippen LogP contribution in [0.2, 0.25) is 0 Å². The van der Waals surface area contributed by atoms with Gasteiger partial charge < -0.3 is 10.0 Å². The molecule has 2 aromatic rings. The summed E-state index contributed by atoms with van der Waals surface area (Å²) < 4.78 is 0. The highest BCUT2D eigenvalue weighted by Gasteiger charge is 1.96. The lowest BCUT2D eigenvalue weighted by Crippen LogP contribution is -2.10. The maximum atomic E-state index is 11.3. The Labute approximate surface area is 139 Å². The zero-order valence-corrected chi connectivity index (χ0v) is 14.1. The molecule has 0 radical (unpaired) electrons. The van der Waals surface area contributed by atoms with Crippen molar-refractivity contribution in [1.29, 1.82) is 0 Å². The van der Waals surface area contributed by atoms with Gasteiger partial charge in [-0.3, -0.25) is 14.6 Å². The number of anilines is 2. The Morgan fingerprint density at radius 3 is 2.42 bits per heavy atom. The number of carboxylic acids is 1. The van der Waals surface area contributed by atoms with Crippen molar-refractivity contribution in [1.82, 2.24) is 9.97 Å². The third-order valence-electron chi connectivity index (χ3n) is 2.66. The fourth-order valence-corrected chi connectivity index (χ4v) is 1.66. The van der Waals surface area contributed by atoms with Crippen molar-refractivity contribution in [3.8, 4) is 0 Å². The van der Waals surface area contributed by atoms with E-state index in [-0.39, 0.29) is 5.56 Å². The predicted octanol–water partition coefficient (Wildman–Crippen LogP) is 1.68. The smallest absolute Gasteiger partial charge is 0.300 e. The molecule has 0 saturated carbocycles. The maximum absolute atomic E-state index is 11.3. The van der Waals surface area contributed by atoms with Gasteiger partial charge in [0.1, 0.15) is 0 Å². The summed E-state index contributed by atoms with van der Waals surface area (Å²) in [4.78, 5) is 29.0. The molecule has 1 heterocycles. The molecule has 8 heteroatoms. The van der Waals surface area contributed by atoms with Gasteiger partial charge in [-0.25, -0.2) is 10.4 Å². The zero-order chi connectivity index (χ0) is 18.1. The van der Waals surface area contributed by atoms with E-state index in [0.717, 1.165) is 18.2 Å². The molecule has 0 unspecified atom stereocenters. The number of benzene rings is 1. The van der Waals surface area contributed by atoms with Gasteiger partial charge in [0.2, 0.25) is 5.95 Å². The number of hydrogen-bond donors (Lipinski definition) is 3. The number of carbonyl (C=O) groups is 1. The lowest BCUT2D eigenvalue weighted by molar-refractivity contribution is -0.134. The van der Waals surface area contributed by atoms with E-state index in [2.05, 4.69) is 20.5 Å². The number of aryl methyl sites for hydroxylation is 1. The van der Waals surface area contributed by atoms with Crippen LogP contribution in [-0.4, -0.2) is 41.4 Å². The summed E-state index contributed by atoms with van der Waals surface area (Å²) in [5.41, 5.74) is 5.22. The number of carboxylic acid groups (broad SMARTS) is 1. The molecule has 0 amide bonds. The molecule has 0 saturated heterocycles. The maximum Gasteiger partial charge on any atom is 0.300 e. The van der Waals surface area contributed by atoms with Crippen molar-refractivity contribution in [2.24, 2.45) is 5.10 Å². The molecule has 8 nitrogen and oxygen atoms in total. The van der Waals surface area contributed by atoms with Gasteiger partial charge in [0.15, 0.2) is 0 Å². The standard InChI is InChI=1S/C14H17N5O.C2H4O2/c1-10-8-13(20)17-14(16-10)18-15-9-11-4-6-12(7-5-11)19(2)3;1-2(3)4/h4-9H,1-3H3,(H2,16,17,18,20);1H3,(H,3,4)/b15-9+;. The molecule has 0 aliphatic rings. The number of aliphatic carboxylic acids is 1. The van der Waals surface area contributed by atoms with Crippen molar-refractivity contribution in [2.45, 2.75) is 13.8 Å². The monoisotopic (exact) mass is 331 g/mol. The van der Waals surface area contributed by atoms with Gasteiger partial charge >= 0.3 is 0 Å². The van der Waals surface area contributed by atoms with Crippen LogP contribution in [0.3, 0.4) is 0 Å². The summed E-state index contributed by atoms with van der Waals surface area (Å²) in [7, 11) is 3.98. The van der Waals surface area contributed by atoms with Crippen LogP contribution < -0.4 is 15.9 Å². The molecule has 0 bridgehead atoms. The summed E-state index contributed by atoms with van der Waals surface area (Å²) in [6.07, 6.45) is 1.67. The molecule has 0 aliphatic carbocycles. The summed E-state index contributed by atoms with van der Waals surface area (Å²) in [6, 6.07) is 9.37. The van der Waals surface area contributed by atoms with E-state index in [1.165, 1.54) is 6.07 Å². The van der Waals surface area contributed by atoms with E-state index in [9.17, 15) is 4.79 Å². The zero-order valence-electron chi connectivity index (χ0n) is 14.1. The number of hydrazone groups is 1. The largest absolute Gasteiger partial charge is 0.481 e. The first-order valence-corrected chi connectivity index (χ1v) is 7.12. The number of rotatable bonds is 4. The second-order valence-corrected chi connectivity index (χ2v) is 5.11. The molecule has 128 valence electrons. The third kappa shape index (κ3) is 7.21. The fraction of sp³-hybridized carbons (Fsp3) is 0.250. The van der Waals surface area contributed by atoms with Crippen LogP contribution in [0.4, 0.5) is 11.6 Å². The first-order chi connectivity index (χ1) is 11.3. The van der Waals surface area contributed by atoms with Gasteiger partial charge in [0.25, 0.3) is 11.5 Å². The van der Waals surface area contributed by atoms with Crippen LogP contribution in [0, 0.1) is 6.92 Å². The molecule has 0 fully saturated rings. The molecule has 0 atom stereocenters. The number of H-pyrrole nitrogens is 1. The minimum absolute atomic E-state index is 0.203. The second-order valence-electron chi connectivity index (χ2n) is 5.11. The Balaban J connectivity index is 0.000000648. The van der Waals surface area contributed by atoms with Crippen LogP contribution in [0.15, 0.2) is 40.2 Å². The number of nitrogens with one attached hydrogen (secondary N) is 2. The molecular weight excluding hydrogens is 310 g/mol. The quantitative estimate of drug-likeness (QED) is 0.581. The molecule has 0 spiro atoms. The van der Waals surface area contributed by atoms with E-state index in [1.54, 1.807) is 13.1 Å². The Kier molecular flexibility index (Phi) is 7.15. The highest BCUT2D eigenvalue weighted by atomic mass is 16.4. The molecule has 0 aliphatic heterocycles. The Hall–Kier alpha value is -3.16. The normalized spacial score (nSPS) is 10.0. The summed E-state index contributed by atoms with van der Waals surface area (Å²) in [5, 5.41) is 11.5. The van der Waals surface area contributed by atoms with Gasteiger partial charge in [-0.2, -0.15) is 5.10 Å².